The summed E-state index contributed by atoms with van der Waals surface area (Å²) in [5.41, 5.74) is -0.169. The number of likely N-dealkylation sites (N-methyl/N-ethyl adjacent to an activating group) is 1. The van der Waals surface area contributed by atoms with Crippen LogP contribution in [0.4, 0.5) is 0 Å². The van der Waals surface area contributed by atoms with Gasteiger partial charge in [-0.25, -0.2) is 4.79 Å². The first-order valence-electron chi connectivity index (χ1n) is 7.00. The number of carboxylic acid groups (broad SMARTS) is 1. The van der Waals surface area contributed by atoms with Gasteiger partial charge in [-0.15, -0.1) is 0 Å². The Hall–Kier alpha value is -1.00. The van der Waals surface area contributed by atoms with Gasteiger partial charge < -0.3 is 5.11 Å². The average molecular weight is 295 g/mol. The van der Waals surface area contributed by atoms with E-state index in [4.69, 9.17) is 0 Å². The number of carboxylic acids is 1. The molecule has 0 fully saturated rings. The fraction of sp³-hybridized carbons (Fsp3) is 0.562. The predicted octanol–water partition coefficient (Wildman–Crippen LogP) is 3.50. The fourth-order valence-electron chi connectivity index (χ4n) is 2.18. The van der Waals surface area contributed by atoms with Gasteiger partial charge in [-0.1, -0.05) is 58.0 Å². The first-order chi connectivity index (χ1) is 9.32. The molecule has 3 nitrogen and oxygen atoms in total. The highest BCUT2D eigenvalue weighted by molar-refractivity contribution is 8.00. The Morgan fingerprint density at radius 1 is 1.25 bits per heavy atom. The fourth-order valence-corrected chi connectivity index (χ4v) is 3.20. The minimum Gasteiger partial charge on any atom is -0.480 e. The van der Waals surface area contributed by atoms with Gasteiger partial charge in [0.1, 0.15) is 5.54 Å². The largest absolute Gasteiger partial charge is 0.480 e. The first-order valence-corrected chi connectivity index (χ1v) is 7.98. The molecular weight excluding hydrogens is 270 g/mol. The number of benzene rings is 1. The lowest BCUT2D eigenvalue weighted by Gasteiger charge is -2.32. The molecule has 1 atom stereocenters. The minimum absolute atomic E-state index is 0.146. The van der Waals surface area contributed by atoms with E-state index in [-0.39, 0.29) is 4.75 Å². The molecule has 0 radical (unpaired) electrons. The Labute approximate surface area is 126 Å². The topological polar surface area (TPSA) is 49.3 Å². The molecule has 4 heteroatoms. The Morgan fingerprint density at radius 2 is 1.85 bits per heavy atom. The van der Waals surface area contributed by atoms with Gasteiger partial charge >= 0.3 is 5.97 Å². The maximum atomic E-state index is 11.9. The van der Waals surface area contributed by atoms with Crippen LogP contribution in [0.15, 0.2) is 30.3 Å². The van der Waals surface area contributed by atoms with E-state index in [2.05, 4.69) is 26.1 Å². The van der Waals surface area contributed by atoms with Crippen LogP contribution < -0.4 is 5.32 Å². The highest BCUT2D eigenvalue weighted by atomic mass is 32.2. The molecule has 1 aromatic rings. The van der Waals surface area contributed by atoms with Crippen LogP contribution in [0.5, 0.6) is 0 Å². The average Bonchev–Trinajstić information content (AvgIpc) is 2.37. The molecule has 1 unspecified atom stereocenters. The molecule has 0 spiro atoms. The van der Waals surface area contributed by atoms with Crippen molar-refractivity contribution in [2.45, 2.75) is 44.4 Å². The Kier molecular flexibility index (Phi) is 6.08. The van der Waals surface area contributed by atoms with Crippen molar-refractivity contribution in [1.82, 2.24) is 5.32 Å². The summed E-state index contributed by atoms with van der Waals surface area (Å²) < 4.78 is 0.146. The van der Waals surface area contributed by atoms with Crippen molar-refractivity contribution in [3.05, 3.63) is 35.9 Å². The van der Waals surface area contributed by atoms with Crippen LogP contribution in [0, 0.1) is 0 Å². The van der Waals surface area contributed by atoms with Crippen LogP contribution in [0.1, 0.15) is 39.7 Å². The zero-order valence-corrected chi connectivity index (χ0v) is 13.6. The van der Waals surface area contributed by atoms with E-state index in [0.29, 0.717) is 13.0 Å². The number of rotatable bonds is 7. The van der Waals surface area contributed by atoms with Gasteiger partial charge in [-0.2, -0.15) is 11.8 Å². The number of nitrogens with one attached hydrogen (secondary N) is 1. The normalized spacial score (nSPS) is 14.8. The number of hydrogen-bond donors (Lipinski definition) is 2. The zero-order valence-electron chi connectivity index (χ0n) is 12.8. The van der Waals surface area contributed by atoms with Crippen LogP contribution in [-0.4, -0.2) is 28.1 Å². The third kappa shape index (κ3) is 4.53. The molecule has 0 aliphatic rings. The molecule has 0 heterocycles. The Morgan fingerprint density at radius 3 is 2.30 bits per heavy atom. The Balaban J connectivity index is 2.98. The lowest BCUT2D eigenvalue weighted by molar-refractivity contribution is -0.145. The Bertz CT molecular complexity index is 428. The summed E-state index contributed by atoms with van der Waals surface area (Å²) in [4.78, 5) is 11.9. The SMILES string of the molecule is CCNC(CCSC(C)(C)C)(C(=O)O)c1ccccc1. The van der Waals surface area contributed by atoms with Gasteiger partial charge in [0.2, 0.25) is 0 Å². The second-order valence-electron chi connectivity index (χ2n) is 5.82. The van der Waals surface area contributed by atoms with Crippen LogP contribution in [0.25, 0.3) is 0 Å². The van der Waals surface area contributed by atoms with Crippen molar-refractivity contribution in [2.24, 2.45) is 0 Å². The summed E-state index contributed by atoms with van der Waals surface area (Å²) >= 11 is 1.80. The highest BCUT2D eigenvalue weighted by Crippen LogP contribution is 2.31. The van der Waals surface area contributed by atoms with Crippen LogP contribution in [0.2, 0.25) is 0 Å². The van der Waals surface area contributed by atoms with Gasteiger partial charge in [0.15, 0.2) is 0 Å². The van der Waals surface area contributed by atoms with Crippen LogP contribution in [-0.2, 0) is 10.3 Å². The minimum atomic E-state index is -0.992. The van der Waals surface area contributed by atoms with Crippen molar-refractivity contribution < 1.29 is 9.90 Å². The molecule has 0 aromatic heterocycles. The second-order valence-corrected chi connectivity index (χ2v) is 7.74. The maximum Gasteiger partial charge on any atom is 0.328 e. The van der Waals surface area contributed by atoms with E-state index in [9.17, 15) is 9.90 Å². The molecular formula is C16H25NO2S. The molecule has 0 bridgehead atoms. The van der Waals surface area contributed by atoms with Crippen molar-refractivity contribution in [2.75, 3.05) is 12.3 Å². The number of hydrogen-bond acceptors (Lipinski definition) is 3. The monoisotopic (exact) mass is 295 g/mol. The smallest absolute Gasteiger partial charge is 0.328 e. The van der Waals surface area contributed by atoms with Gasteiger partial charge in [0.05, 0.1) is 0 Å². The van der Waals surface area contributed by atoms with Crippen LogP contribution in [0.3, 0.4) is 0 Å². The summed E-state index contributed by atoms with van der Waals surface area (Å²) in [6.07, 6.45) is 0.572. The second kappa shape index (κ2) is 7.14. The van der Waals surface area contributed by atoms with E-state index >= 15 is 0 Å². The van der Waals surface area contributed by atoms with Gasteiger partial charge in [0, 0.05) is 4.75 Å². The third-order valence-corrected chi connectivity index (χ3v) is 4.40. The van der Waals surface area contributed by atoms with Gasteiger partial charge in [0.25, 0.3) is 0 Å². The van der Waals surface area contributed by atoms with E-state index < -0.39 is 11.5 Å². The van der Waals surface area contributed by atoms with Crippen molar-refractivity contribution in [3.63, 3.8) is 0 Å². The van der Waals surface area contributed by atoms with Crippen LogP contribution >= 0.6 is 11.8 Å². The summed E-state index contributed by atoms with van der Waals surface area (Å²) in [7, 11) is 0. The lowest BCUT2D eigenvalue weighted by atomic mass is 9.87. The molecule has 0 aliphatic carbocycles. The number of thioether (sulfide) groups is 1. The summed E-state index contributed by atoms with van der Waals surface area (Å²) in [5, 5.41) is 13.0. The summed E-state index contributed by atoms with van der Waals surface area (Å²) in [6, 6.07) is 9.46. The van der Waals surface area contributed by atoms with Crippen molar-refractivity contribution in [3.8, 4) is 0 Å². The molecule has 1 aromatic carbocycles. The molecule has 0 saturated carbocycles. The highest BCUT2D eigenvalue weighted by Gasteiger charge is 2.39. The maximum absolute atomic E-state index is 11.9. The molecule has 0 amide bonds. The molecule has 20 heavy (non-hydrogen) atoms. The summed E-state index contributed by atoms with van der Waals surface area (Å²) in [5.74, 6) is -0.00223. The zero-order chi connectivity index (χ0) is 15.2. The molecule has 1 rings (SSSR count). The number of aliphatic carboxylic acids is 1. The standard InChI is InChI=1S/C16H25NO2S/c1-5-17-16(14(18)19,11-12-20-15(2,3)4)13-9-7-6-8-10-13/h6-10,17H,5,11-12H2,1-4H3,(H,18,19). The summed E-state index contributed by atoms with van der Waals surface area (Å²) in [6.45, 7) is 9.01. The molecule has 112 valence electrons. The number of carbonyl (C=O) groups is 1. The van der Waals surface area contributed by atoms with Crippen molar-refractivity contribution in [1.29, 1.82) is 0 Å². The van der Waals surface area contributed by atoms with E-state index in [1.165, 1.54) is 0 Å². The van der Waals surface area contributed by atoms with E-state index in [0.717, 1.165) is 11.3 Å². The molecule has 0 aliphatic heterocycles. The lowest BCUT2D eigenvalue weighted by Crippen LogP contribution is -2.49. The van der Waals surface area contributed by atoms with E-state index in [1.807, 2.05) is 37.3 Å². The van der Waals surface area contributed by atoms with Crippen molar-refractivity contribution >= 4 is 17.7 Å². The van der Waals surface area contributed by atoms with Gasteiger partial charge in [-0.3, -0.25) is 5.32 Å². The quantitative estimate of drug-likeness (QED) is 0.808. The first kappa shape index (κ1) is 17.1. The molecule has 0 saturated heterocycles. The van der Waals surface area contributed by atoms with Gasteiger partial charge in [-0.05, 0) is 24.3 Å². The van der Waals surface area contributed by atoms with E-state index in [1.54, 1.807) is 11.8 Å². The molecule has 2 N–H and O–H groups in total. The third-order valence-electron chi connectivity index (χ3n) is 3.12. The predicted molar refractivity (Wildman–Crippen MR) is 86.3 cm³/mol.